The van der Waals surface area contributed by atoms with Crippen molar-refractivity contribution in [2.24, 2.45) is 9.98 Å². The van der Waals surface area contributed by atoms with Crippen LogP contribution in [0.15, 0.2) is 197 Å². The number of nitrogens with one attached hydrogen (secondary N) is 1. The summed E-state index contributed by atoms with van der Waals surface area (Å²) in [6.07, 6.45) is 23.2. The number of rotatable bonds is 5. The molecular formula is C61H47N5. The van der Waals surface area contributed by atoms with Gasteiger partial charge >= 0.3 is 0 Å². The van der Waals surface area contributed by atoms with Gasteiger partial charge < -0.3 is 14.5 Å². The zero-order chi connectivity index (χ0) is 43.3. The highest BCUT2D eigenvalue weighted by Gasteiger charge is 2.35. The molecule has 0 amide bonds. The third-order valence-corrected chi connectivity index (χ3v) is 14.9. The number of hydrogen-bond acceptors (Lipinski definition) is 3. The van der Waals surface area contributed by atoms with Gasteiger partial charge in [0.2, 0.25) is 0 Å². The number of aliphatic imine (C=N–C) groups is 2. The molecule has 5 heteroatoms. The van der Waals surface area contributed by atoms with E-state index < -0.39 is 0 Å². The lowest BCUT2D eigenvalue weighted by molar-refractivity contribution is 0.495. The van der Waals surface area contributed by atoms with Gasteiger partial charge in [0.15, 0.2) is 5.84 Å². The lowest BCUT2D eigenvalue weighted by Crippen LogP contribution is -2.43. The Kier molecular flexibility index (Phi) is 8.49. The molecule has 2 aromatic heterocycles. The number of nitrogens with zero attached hydrogens (tertiary/aromatic N) is 4. The van der Waals surface area contributed by atoms with E-state index in [0.717, 1.165) is 67.8 Å². The van der Waals surface area contributed by atoms with Crippen LogP contribution >= 0.6 is 0 Å². The molecule has 2 unspecified atom stereocenters. The van der Waals surface area contributed by atoms with Gasteiger partial charge in [-0.2, -0.15) is 0 Å². The minimum absolute atomic E-state index is 0.159. The van der Waals surface area contributed by atoms with Gasteiger partial charge in [0.25, 0.3) is 0 Å². The quantitative estimate of drug-likeness (QED) is 0.184. The highest BCUT2D eigenvalue weighted by atomic mass is 15.2. The van der Waals surface area contributed by atoms with Gasteiger partial charge in [0.1, 0.15) is 12.0 Å². The summed E-state index contributed by atoms with van der Waals surface area (Å²) in [6, 6.07) is 51.9. The topological polar surface area (TPSA) is 46.6 Å². The fourth-order valence-electron chi connectivity index (χ4n) is 12.0. The van der Waals surface area contributed by atoms with Crippen LogP contribution in [0.2, 0.25) is 0 Å². The molecule has 0 bridgehead atoms. The third kappa shape index (κ3) is 5.65. The van der Waals surface area contributed by atoms with Gasteiger partial charge in [-0.3, -0.25) is 0 Å². The molecule has 1 N–H and O–H groups in total. The summed E-state index contributed by atoms with van der Waals surface area (Å²) in [5.41, 5.74) is 16.7. The first-order valence-corrected chi connectivity index (χ1v) is 23.8. The number of allylic oxidation sites excluding steroid dienone is 7. The summed E-state index contributed by atoms with van der Waals surface area (Å²) in [6.45, 7) is 0. The highest BCUT2D eigenvalue weighted by Crippen LogP contribution is 2.47. The Bertz CT molecular complexity index is 3730. The van der Waals surface area contributed by atoms with Crippen LogP contribution in [0.25, 0.3) is 77.3 Å². The van der Waals surface area contributed by atoms with Crippen LogP contribution in [-0.2, 0) is 6.42 Å². The molecule has 2 atom stereocenters. The maximum Gasteiger partial charge on any atom is 0.158 e. The molecule has 0 saturated heterocycles. The molecule has 1 aliphatic heterocycles. The number of hydrogen-bond donors (Lipinski definition) is 1. The van der Waals surface area contributed by atoms with Crippen LogP contribution in [0, 0.1) is 0 Å². The molecule has 5 nitrogen and oxygen atoms in total. The molecule has 5 aliphatic rings. The summed E-state index contributed by atoms with van der Waals surface area (Å²) in [5.74, 6) is 1.85. The highest BCUT2D eigenvalue weighted by molar-refractivity contribution is 6.20. The Hall–Kier alpha value is -7.76. The molecule has 4 aliphatic carbocycles. The smallest absolute Gasteiger partial charge is 0.158 e. The molecule has 66 heavy (non-hydrogen) atoms. The lowest BCUT2D eigenvalue weighted by Gasteiger charge is -2.36. The van der Waals surface area contributed by atoms with Crippen molar-refractivity contribution in [3.63, 3.8) is 0 Å². The van der Waals surface area contributed by atoms with Crippen LogP contribution in [0.1, 0.15) is 72.4 Å². The second-order valence-electron chi connectivity index (χ2n) is 18.5. The molecular weight excluding hydrogens is 803 g/mol. The maximum absolute atomic E-state index is 5.49. The lowest BCUT2D eigenvalue weighted by atomic mass is 9.74. The number of para-hydroxylation sites is 2. The SMILES string of the molecule is C1=CC(C2=NC(C3CC4=C(CCC=C4)c4ccccc43)NC(c3ccc(-n4c5c(c6c(-n7c8ccccc8c8ccccc87)c7ccccc7cc64)C=CCC5)c4ccccc34)=N2)=CCC1. The first-order chi connectivity index (χ1) is 32.8. The average molecular weight is 850 g/mol. The predicted molar refractivity (Wildman–Crippen MR) is 276 cm³/mol. The van der Waals surface area contributed by atoms with Crippen molar-refractivity contribution in [2.45, 2.75) is 57.0 Å². The number of amidine groups is 2. The summed E-state index contributed by atoms with van der Waals surface area (Å²) >= 11 is 0. The average Bonchev–Trinajstić information content (AvgIpc) is 3.90. The van der Waals surface area contributed by atoms with Crippen LogP contribution in [0.3, 0.4) is 0 Å². The Morgan fingerprint density at radius 3 is 2.11 bits per heavy atom. The molecule has 0 radical (unpaired) electrons. The monoisotopic (exact) mass is 849 g/mol. The van der Waals surface area contributed by atoms with E-state index in [0.29, 0.717) is 0 Å². The van der Waals surface area contributed by atoms with Crippen molar-refractivity contribution in [3.05, 3.63) is 215 Å². The van der Waals surface area contributed by atoms with E-state index in [1.807, 2.05) is 0 Å². The first kappa shape index (κ1) is 37.6. The van der Waals surface area contributed by atoms with Crippen LogP contribution in [0.5, 0.6) is 0 Å². The number of fused-ring (bicyclic) bond motifs is 10. The molecule has 0 saturated carbocycles. The Morgan fingerprint density at radius 2 is 1.27 bits per heavy atom. The fourth-order valence-corrected chi connectivity index (χ4v) is 12.0. The summed E-state index contributed by atoms with van der Waals surface area (Å²) < 4.78 is 5.13. The zero-order valence-electron chi connectivity index (χ0n) is 36.7. The Morgan fingerprint density at radius 1 is 0.561 bits per heavy atom. The van der Waals surface area contributed by atoms with E-state index in [1.54, 1.807) is 0 Å². The molecule has 0 fully saturated rings. The van der Waals surface area contributed by atoms with Gasteiger partial charge in [-0.05, 0) is 108 Å². The van der Waals surface area contributed by atoms with Gasteiger partial charge in [-0.15, -0.1) is 0 Å². The molecule has 9 aromatic rings. The Labute approximate surface area is 383 Å². The number of aromatic nitrogens is 2. The van der Waals surface area contributed by atoms with Crippen LogP contribution < -0.4 is 5.32 Å². The second-order valence-corrected chi connectivity index (χ2v) is 18.5. The molecule has 14 rings (SSSR count). The zero-order valence-corrected chi connectivity index (χ0v) is 36.7. The van der Waals surface area contributed by atoms with Gasteiger partial charge in [0, 0.05) is 55.2 Å². The van der Waals surface area contributed by atoms with E-state index >= 15 is 0 Å². The molecule has 0 spiro atoms. The van der Waals surface area contributed by atoms with Gasteiger partial charge in [0.05, 0.1) is 27.9 Å². The van der Waals surface area contributed by atoms with E-state index in [2.05, 4.69) is 197 Å². The van der Waals surface area contributed by atoms with Gasteiger partial charge in [-0.25, -0.2) is 9.98 Å². The van der Waals surface area contributed by atoms with Crippen molar-refractivity contribution in [1.82, 2.24) is 14.5 Å². The van der Waals surface area contributed by atoms with E-state index in [4.69, 9.17) is 9.98 Å². The summed E-state index contributed by atoms with van der Waals surface area (Å²) in [5, 5.41) is 12.7. The minimum atomic E-state index is -0.188. The molecule has 3 heterocycles. The first-order valence-electron chi connectivity index (χ1n) is 23.8. The molecule has 7 aromatic carbocycles. The standard InChI is InChI=1S/C61H47N5/c1-2-18-38(19-3-1)59-62-60(64-61(63-59)51-36-39-20-4-6-22-41(39)43-24-8-9-25-44(43)51)49-34-35-55(46-27-11-10-26-45(46)49)65-54-33-17-14-30-50(54)57-56(65)37-40-21-5-7-23-42(40)58(57)66-52-31-15-12-28-47(52)48-29-13-16-32-53(48)66/h2,4-5,7-16,18-21,23-32,34-35,37,51,61H,1,3,6,17,22,33,36H2,(H,62,63,64). The van der Waals surface area contributed by atoms with Crippen molar-refractivity contribution in [1.29, 1.82) is 0 Å². The van der Waals surface area contributed by atoms with Crippen molar-refractivity contribution >= 4 is 77.6 Å². The number of benzene rings is 7. The van der Waals surface area contributed by atoms with Crippen LogP contribution in [0.4, 0.5) is 0 Å². The largest absolute Gasteiger partial charge is 0.347 e. The van der Waals surface area contributed by atoms with Crippen molar-refractivity contribution in [3.8, 4) is 11.4 Å². The van der Waals surface area contributed by atoms with Crippen molar-refractivity contribution < 1.29 is 0 Å². The summed E-state index contributed by atoms with van der Waals surface area (Å²) in [4.78, 5) is 10.9. The maximum atomic E-state index is 5.49. The van der Waals surface area contributed by atoms with E-state index in [-0.39, 0.29) is 12.1 Å². The van der Waals surface area contributed by atoms with Crippen LogP contribution in [-0.4, -0.2) is 27.0 Å². The Balaban J connectivity index is 0.977. The molecule has 316 valence electrons. The van der Waals surface area contributed by atoms with E-state index in [9.17, 15) is 0 Å². The van der Waals surface area contributed by atoms with E-state index in [1.165, 1.54) is 99.2 Å². The normalized spacial score (nSPS) is 18.9. The minimum Gasteiger partial charge on any atom is -0.347 e. The van der Waals surface area contributed by atoms with Crippen molar-refractivity contribution in [2.75, 3.05) is 0 Å². The fraction of sp³-hybridized carbons (Fsp3) is 0.148. The second kappa shape index (κ2) is 14.9. The summed E-state index contributed by atoms with van der Waals surface area (Å²) in [7, 11) is 0. The van der Waals surface area contributed by atoms with Gasteiger partial charge in [-0.1, -0.05) is 152 Å². The predicted octanol–water partition coefficient (Wildman–Crippen LogP) is 14.6. The third-order valence-electron chi connectivity index (χ3n) is 14.9.